The molecular formula is C23H23NO4. The summed E-state index contributed by atoms with van der Waals surface area (Å²) >= 11 is 0. The van der Waals surface area contributed by atoms with E-state index in [4.69, 9.17) is 13.9 Å². The van der Waals surface area contributed by atoms with Gasteiger partial charge < -0.3 is 13.9 Å². The van der Waals surface area contributed by atoms with Crippen LogP contribution in [-0.2, 0) is 19.4 Å². The van der Waals surface area contributed by atoms with Crippen LogP contribution in [0.5, 0.6) is 11.5 Å². The van der Waals surface area contributed by atoms with E-state index in [2.05, 4.69) is 17.0 Å². The van der Waals surface area contributed by atoms with E-state index in [0.717, 1.165) is 35.3 Å². The number of ether oxygens (including phenoxy) is 2. The van der Waals surface area contributed by atoms with Crippen molar-refractivity contribution in [2.45, 2.75) is 31.9 Å². The van der Waals surface area contributed by atoms with Gasteiger partial charge in [0.1, 0.15) is 18.3 Å². The molecule has 2 aromatic carbocycles. The summed E-state index contributed by atoms with van der Waals surface area (Å²) in [6.07, 6.45) is 3.30. The Balaban J connectivity index is 1.36. The average molecular weight is 377 g/mol. The minimum Gasteiger partial charge on any atom is -0.486 e. The van der Waals surface area contributed by atoms with E-state index in [0.29, 0.717) is 25.3 Å². The summed E-state index contributed by atoms with van der Waals surface area (Å²) in [5.74, 6) is 1.58. The molecule has 0 bridgehead atoms. The number of para-hydroxylation sites is 2. The lowest BCUT2D eigenvalue weighted by atomic mass is 10.0. The first kappa shape index (κ1) is 17.3. The van der Waals surface area contributed by atoms with Gasteiger partial charge in [-0.2, -0.15) is 0 Å². The molecule has 5 heteroatoms. The zero-order chi connectivity index (χ0) is 19.1. The van der Waals surface area contributed by atoms with Crippen molar-refractivity contribution in [3.63, 3.8) is 0 Å². The van der Waals surface area contributed by atoms with Crippen molar-refractivity contribution in [3.8, 4) is 11.5 Å². The molecule has 0 radical (unpaired) electrons. The zero-order valence-electron chi connectivity index (χ0n) is 15.9. The predicted molar refractivity (Wildman–Crippen MR) is 107 cm³/mol. The molecular weight excluding hydrogens is 354 g/mol. The fraction of sp³-hybridized carbons (Fsp3) is 0.348. The van der Waals surface area contributed by atoms with E-state index in [9.17, 15) is 4.79 Å². The van der Waals surface area contributed by atoms with Crippen molar-refractivity contribution in [3.05, 3.63) is 69.6 Å². The second-order valence-electron chi connectivity index (χ2n) is 7.76. The molecule has 0 amide bonds. The van der Waals surface area contributed by atoms with Crippen molar-refractivity contribution < 1.29 is 13.9 Å². The second-order valence-corrected chi connectivity index (χ2v) is 7.76. The summed E-state index contributed by atoms with van der Waals surface area (Å²) in [4.78, 5) is 14.3. The van der Waals surface area contributed by atoms with Crippen molar-refractivity contribution in [1.82, 2.24) is 4.90 Å². The number of rotatable bonds is 4. The molecule has 0 N–H and O–H groups in total. The summed E-state index contributed by atoms with van der Waals surface area (Å²) < 4.78 is 17.4. The Labute approximate surface area is 163 Å². The highest BCUT2D eigenvalue weighted by molar-refractivity contribution is 5.82. The molecule has 1 aliphatic carbocycles. The highest BCUT2D eigenvalue weighted by Crippen LogP contribution is 2.31. The Kier molecular flexibility index (Phi) is 4.32. The molecule has 0 fully saturated rings. The van der Waals surface area contributed by atoms with Gasteiger partial charge in [0.05, 0.1) is 0 Å². The van der Waals surface area contributed by atoms with Crippen LogP contribution in [0.25, 0.3) is 11.0 Å². The van der Waals surface area contributed by atoms with Crippen LogP contribution in [0.15, 0.2) is 51.7 Å². The first-order valence-corrected chi connectivity index (χ1v) is 9.81. The van der Waals surface area contributed by atoms with Crippen LogP contribution in [0.2, 0.25) is 0 Å². The molecule has 144 valence electrons. The molecule has 2 heterocycles. The number of likely N-dealkylation sites (N-methyl/N-ethyl adjacent to an activating group) is 1. The molecule has 2 aliphatic rings. The molecule has 1 atom stereocenters. The number of benzene rings is 2. The van der Waals surface area contributed by atoms with Crippen LogP contribution in [0, 0.1) is 0 Å². The number of hydrogen-bond donors (Lipinski definition) is 0. The topological polar surface area (TPSA) is 51.9 Å². The molecule has 28 heavy (non-hydrogen) atoms. The Bertz CT molecular complexity index is 1090. The van der Waals surface area contributed by atoms with E-state index >= 15 is 0 Å². The Hall–Kier alpha value is -2.79. The third kappa shape index (κ3) is 3.27. The molecule has 1 aliphatic heterocycles. The van der Waals surface area contributed by atoms with E-state index in [1.165, 1.54) is 17.5 Å². The fourth-order valence-electron chi connectivity index (χ4n) is 4.28. The third-order valence-corrected chi connectivity index (χ3v) is 5.57. The van der Waals surface area contributed by atoms with Gasteiger partial charge in [0.2, 0.25) is 0 Å². The predicted octanol–water partition coefficient (Wildman–Crippen LogP) is 3.55. The van der Waals surface area contributed by atoms with E-state index in [1.54, 1.807) is 6.07 Å². The van der Waals surface area contributed by atoms with Crippen LogP contribution < -0.4 is 15.1 Å². The highest BCUT2D eigenvalue weighted by Gasteiger charge is 2.22. The summed E-state index contributed by atoms with van der Waals surface area (Å²) in [5, 5.41) is 1.04. The van der Waals surface area contributed by atoms with Crippen LogP contribution in [0.4, 0.5) is 0 Å². The van der Waals surface area contributed by atoms with Gasteiger partial charge in [-0.05, 0) is 67.3 Å². The highest BCUT2D eigenvalue weighted by atomic mass is 16.6. The largest absolute Gasteiger partial charge is 0.486 e. The van der Waals surface area contributed by atoms with Crippen molar-refractivity contribution in [2.75, 3.05) is 20.2 Å². The first-order chi connectivity index (χ1) is 13.7. The Morgan fingerprint density at radius 3 is 2.71 bits per heavy atom. The molecule has 0 spiro atoms. The van der Waals surface area contributed by atoms with Crippen LogP contribution >= 0.6 is 0 Å². The third-order valence-electron chi connectivity index (χ3n) is 5.57. The molecule has 0 saturated heterocycles. The minimum atomic E-state index is -0.292. The van der Waals surface area contributed by atoms with Gasteiger partial charge in [-0.3, -0.25) is 4.90 Å². The van der Waals surface area contributed by atoms with Gasteiger partial charge in [-0.25, -0.2) is 4.79 Å². The molecule has 0 unspecified atom stereocenters. The van der Waals surface area contributed by atoms with Gasteiger partial charge in [-0.15, -0.1) is 0 Å². The van der Waals surface area contributed by atoms with Gasteiger partial charge in [-0.1, -0.05) is 12.1 Å². The summed E-state index contributed by atoms with van der Waals surface area (Å²) in [6.45, 7) is 1.88. The van der Waals surface area contributed by atoms with Crippen LogP contribution in [0.1, 0.15) is 23.1 Å². The number of fused-ring (bicyclic) bond motifs is 3. The zero-order valence-corrected chi connectivity index (χ0v) is 15.9. The Morgan fingerprint density at radius 1 is 1.07 bits per heavy atom. The average Bonchev–Trinajstić information content (AvgIpc) is 3.13. The molecule has 5 nitrogen and oxygen atoms in total. The lowest BCUT2D eigenvalue weighted by molar-refractivity contribution is 0.0639. The lowest BCUT2D eigenvalue weighted by Crippen LogP contribution is -2.39. The van der Waals surface area contributed by atoms with E-state index in [1.807, 2.05) is 31.3 Å². The molecule has 5 rings (SSSR count). The number of aryl methyl sites for hydroxylation is 2. The summed E-state index contributed by atoms with van der Waals surface area (Å²) in [7, 11) is 2.04. The maximum atomic E-state index is 12.1. The SMILES string of the molecule is CN(Cc1cc(=O)oc2cc3c(cc12)CCC3)C[C@H]1COc2ccccc2O1. The van der Waals surface area contributed by atoms with Gasteiger partial charge in [0, 0.05) is 24.5 Å². The minimum absolute atomic E-state index is 0.0458. The standard InChI is InChI=1S/C23H23NO4/c1-24(13-18-14-26-20-7-2-3-8-21(20)27-18)12-17-11-23(25)28-22-10-16-6-4-5-15(16)9-19(17)22/h2-3,7-11,18H,4-6,12-14H2,1H3/t18-/m0/s1. The van der Waals surface area contributed by atoms with E-state index < -0.39 is 0 Å². The van der Waals surface area contributed by atoms with Gasteiger partial charge in [0.25, 0.3) is 0 Å². The summed E-state index contributed by atoms with van der Waals surface area (Å²) in [5.41, 5.74) is 4.10. The van der Waals surface area contributed by atoms with Crippen molar-refractivity contribution >= 4 is 11.0 Å². The second kappa shape index (κ2) is 6.99. The smallest absolute Gasteiger partial charge is 0.336 e. The molecule has 1 aromatic heterocycles. The fourth-order valence-corrected chi connectivity index (χ4v) is 4.28. The summed E-state index contributed by atoms with van der Waals surface area (Å²) in [6, 6.07) is 13.6. The van der Waals surface area contributed by atoms with Crippen molar-refractivity contribution in [1.29, 1.82) is 0 Å². The van der Waals surface area contributed by atoms with E-state index in [-0.39, 0.29) is 11.7 Å². The number of hydrogen-bond acceptors (Lipinski definition) is 5. The molecule has 0 saturated carbocycles. The van der Waals surface area contributed by atoms with Crippen LogP contribution in [-0.4, -0.2) is 31.2 Å². The Morgan fingerprint density at radius 2 is 1.86 bits per heavy atom. The molecule has 3 aromatic rings. The van der Waals surface area contributed by atoms with Crippen LogP contribution in [0.3, 0.4) is 0 Å². The maximum absolute atomic E-state index is 12.1. The number of nitrogens with zero attached hydrogens (tertiary/aromatic N) is 1. The maximum Gasteiger partial charge on any atom is 0.336 e. The first-order valence-electron chi connectivity index (χ1n) is 9.81. The normalized spacial score (nSPS) is 17.9. The lowest BCUT2D eigenvalue weighted by Gasteiger charge is -2.29. The van der Waals surface area contributed by atoms with Gasteiger partial charge >= 0.3 is 5.63 Å². The van der Waals surface area contributed by atoms with Crippen molar-refractivity contribution in [2.24, 2.45) is 0 Å². The van der Waals surface area contributed by atoms with Gasteiger partial charge in [0.15, 0.2) is 11.5 Å². The quantitative estimate of drug-likeness (QED) is 0.651. The monoisotopic (exact) mass is 377 g/mol.